The van der Waals surface area contributed by atoms with Crippen molar-refractivity contribution in [3.63, 3.8) is 0 Å². The summed E-state index contributed by atoms with van der Waals surface area (Å²) in [4.78, 5) is 39.1. The van der Waals surface area contributed by atoms with Crippen molar-refractivity contribution in [3.05, 3.63) is 39.4 Å². The fourth-order valence-corrected chi connectivity index (χ4v) is 4.35. The van der Waals surface area contributed by atoms with Crippen molar-refractivity contribution in [1.29, 1.82) is 0 Å². The molecule has 7 nitrogen and oxygen atoms in total. The third kappa shape index (κ3) is 3.97. The molecule has 2 aromatic rings. The molecule has 1 unspecified atom stereocenters. The van der Waals surface area contributed by atoms with Gasteiger partial charge in [0.1, 0.15) is 17.4 Å². The molecular formula is C22H27FIN3O4. The van der Waals surface area contributed by atoms with Crippen LogP contribution < -0.4 is 34.3 Å². The topological polar surface area (TPSA) is 79.6 Å². The molecule has 1 aromatic heterocycles. The summed E-state index contributed by atoms with van der Waals surface area (Å²) < 4.78 is 17.9. The highest BCUT2D eigenvalue weighted by Gasteiger charge is 2.36. The lowest BCUT2D eigenvalue weighted by atomic mass is 9.99. The average Bonchev–Trinajstić information content (AvgIpc) is 3.48. The van der Waals surface area contributed by atoms with Gasteiger partial charge in [-0.2, -0.15) is 0 Å². The summed E-state index contributed by atoms with van der Waals surface area (Å²) in [5, 5.41) is 9.41. The predicted molar refractivity (Wildman–Crippen MR) is 112 cm³/mol. The predicted octanol–water partition coefficient (Wildman–Crippen LogP) is -0.335. The molecule has 1 N–H and O–H groups in total. The first-order chi connectivity index (χ1) is 14.0. The molecule has 4 rings (SSSR count). The zero-order valence-electron chi connectivity index (χ0n) is 18.1. The van der Waals surface area contributed by atoms with E-state index in [1.165, 1.54) is 13.1 Å². The number of carbonyl (C=O) groups is 2. The van der Waals surface area contributed by atoms with Crippen LogP contribution in [-0.4, -0.2) is 65.7 Å². The number of ketones is 1. The molecule has 1 saturated heterocycles. The molecule has 9 heteroatoms. The number of carboxylic acids is 1. The number of pyridine rings is 1. The number of carboxylic acid groups (broad SMARTS) is 1. The molecule has 1 aromatic carbocycles. The second-order valence-corrected chi connectivity index (χ2v) is 9.15. The first-order valence-electron chi connectivity index (χ1n) is 10.3. The van der Waals surface area contributed by atoms with Crippen LogP contribution in [0.4, 0.5) is 10.1 Å². The number of carbonyl (C=O) groups excluding carboxylic acids is 1. The van der Waals surface area contributed by atoms with Crippen molar-refractivity contribution >= 4 is 28.3 Å². The molecule has 1 aliphatic carbocycles. The molecule has 1 saturated carbocycles. The second kappa shape index (κ2) is 8.16. The van der Waals surface area contributed by atoms with Crippen molar-refractivity contribution in [2.75, 3.05) is 38.6 Å². The lowest BCUT2D eigenvalue weighted by Crippen LogP contribution is -3.00. The van der Waals surface area contributed by atoms with Crippen molar-refractivity contribution in [2.24, 2.45) is 0 Å². The van der Waals surface area contributed by atoms with Crippen LogP contribution in [0.5, 0.6) is 0 Å². The third-order valence-electron chi connectivity index (χ3n) is 6.70. The van der Waals surface area contributed by atoms with E-state index in [0.717, 1.165) is 29.9 Å². The maximum atomic E-state index is 15.4. The molecule has 2 fully saturated rings. The quantitative estimate of drug-likeness (QED) is 0.325. The van der Waals surface area contributed by atoms with Gasteiger partial charge in [0, 0.05) is 12.2 Å². The molecule has 0 bridgehead atoms. The molecule has 2 aliphatic rings. The standard InChI is InChI=1S/C22H26FN3O4.HI/c1-12-10-24(7-8-26(12,3)4)20-17(23)9-15-19(18(20)13(2)27)25(14-5-6-14)11-16(21(15)28)22(29)30;/h9,11-12,14H,5-8,10H2,1-4H3;1H. The minimum absolute atomic E-state index is 0. The first kappa shape index (κ1) is 23.6. The van der Waals surface area contributed by atoms with Crippen LogP contribution in [0.15, 0.2) is 17.1 Å². The Morgan fingerprint density at radius 2 is 1.90 bits per heavy atom. The number of aromatic carboxylic acids is 1. The maximum Gasteiger partial charge on any atom is 0.341 e. The van der Waals surface area contributed by atoms with Crippen LogP contribution in [0.3, 0.4) is 0 Å². The van der Waals surface area contributed by atoms with Crippen molar-refractivity contribution < 1.29 is 47.5 Å². The third-order valence-corrected chi connectivity index (χ3v) is 6.70. The van der Waals surface area contributed by atoms with E-state index in [2.05, 4.69) is 21.0 Å². The van der Waals surface area contributed by atoms with Crippen LogP contribution in [0.2, 0.25) is 0 Å². The number of Topliss-reactive ketones (excluding diaryl/α,β-unsaturated/α-hetero) is 1. The van der Waals surface area contributed by atoms with Gasteiger partial charge in [-0.15, -0.1) is 0 Å². The largest absolute Gasteiger partial charge is 1.00 e. The van der Waals surface area contributed by atoms with E-state index in [1.54, 1.807) is 4.57 Å². The highest BCUT2D eigenvalue weighted by Crippen LogP contribution is 2.40. The van der Waals surface area contributed by atoms with Crippen molar-refractivity contribution in [3.8, 4) is 0 Å². The van der Waals surface area contributed by atoms with Gasteiger partial charge in [0.2, 0.25) is 5.43 Å². The minimum Gasteiger partial charge on any atom is -1.00 e. The summed E-state index contributed by atoms with van der Waals surface area (Å²) in [6, 6.07) is 1.36. The number of hydrogen-bond donors (Lipinski definition) is 1. The number of likely N-dealkylation sites (N-methyl/N-ethyl adjacent to an activating group) is 1. The summed E-state index contributed by atoms with van der Waals surface area (Å²) in [5.41, 5.74) is -0.416. The molecule has 0 spiro atoms. The fourth-order valence-electron chi connectivity index (χ4n) is 4.35. The second-order valence-electron chi connectivity index (χ2n) is 9.15. The Labute approximate surface area is 197 Å². The molecule has 2 heterocycles. The number of piperazine rings is 1. The number of benzene rings is 1. The number of halogens is 2. The molecular weight excluding hydrogens is 516 g/mol. The van der Waals surface area contributed by atoms with E-state index >= 15 is 4.39 Å². The monoisotopic (exact) mass is 543 g/mol. The Morgan fingerprint density at radius 1 is 1.26 bits per heavy atom. The van der Waals surface area contributed by atoms with Gasteiger partial charge in [-0.1, -0.05) is 0 Å². The van der Waals surface area contributed by atoms with E-state index in [1.807, 2.05) is 4.90 Å². The highest BCUT2D eigenvalue weighted by atomic mass is 127. The fraction of sp³-hybridized carbons (Fsp3) is 0.500. The SMILES string of the molecule is CC(=O)c1c(N2CC[N+](C)(C)C(C)C2)c(F)cc2c(=O)c(C(=O)O)cn(C3CC3)c12.[I-]. The summed E-state index contributed by atoms with van der Waals surface area (Å²) >= 11 is 0. The van der Waals surface area contributed by atoms with Crippen molar-refractivity contribution in [2.45, 2.75) is 38.8 Å². The number of fused-ring (bicyclic) bond motifs is 1. The van der Waals surface area contributed by atoms with E-state index < -0.39 is 22.8 Å². The summed E-state index contributed by atoms with van der Waals surface area (Å²) in [7, 11) is 4.26. The van der Waals surface area contributed by atoms with Gasteiger partial charge in [-0.25, -0.2) is 9.18 Å². The lowest BCUT2D eigenvalue weighted by Gasteiger charge is -2.45. The first-order valence-corrected chi connectivity index (χ1v) is 10.3. The number of hydrogen-bond acceptors (Lipinski definition) is 4. The van der Waals surface area contributed by atoms with E-state index in [0.29, 0.717) is 18.6 Å². The zero-order chi connectivity index (χ0) is 22.0. The van der Waals surface area contributed by atoms with Crippen LogP contribution in [0.25, 0.3) is 10.9 Å². The van der Waals surface area contributed by atoms with Crippen LogP contribution in [-0.2, 0) is 0 Å². The van der Waals surface area contributed by atoms with E-state index in [-0.39, 0.29) is 58.5 Å². The normalized spacial score (nSPS) is 20.4. The number of quaternary nitrogens is 1. The van der Waals surface area contributed by atoms with E-state index in [9.17, 15) is 19.5 Å². The summed E-state index contributed by atoms with van der Waals surface area (Å²) in [6.45, 7) is 5.43. The Hall–Kier alpha value is -2.01. The van der Waals surface area contributed by atoms with Crippen LogP contribution in [0, 0.1) is 5.82 Å². The Bertz CT molecular complexity index is 1140. The smallest absolute Gasteiger partial charge is 0.341 e. The van der Waals surface area contributed by atoms with Crippen LogP contribution in [0.1, 0.15) is 53.4 Å². The Morgan fingerprint density at radius 3 is 2.42 bits per heavy atom. The number of rotatable bonds is 4. The van der Waals surface area contributed by atoms with Crippen LogP contribution >= 0.6 is 0 Å². The number of aromatic nitrogens is 1. The highest BCUT2D eigenvalue weighted by molar-refractivity contribution is 6.11. The number of anilines is 1. The van der Waals surface area contributed by atoms with Gasteiger partial charge in [-0.05, 0) is 32.8 Å². The molecule has 1 aliphatic heterocycles. The molecule has 31 heavy (non-hydrogen) atoms. The molecule has 0 radical (unpaired) electrons. The Kier molecular flexibility index (Phi) is 6.22. The van der Waals surface area contributed by atoms with Gasteiger partial charge in [0.05, 0.1) is 55.9 Å². The summed E-state index contributed by atoms with van der Waals surface area (Å²) in [5.74, 6) is -2.34. The van der Waals surface area contributed by atoms with Gasteiger partial charge in [0.15, 0.2) is 5.78 Å². The van der Waals surface area contributed by atoms with Gasteiger partial charge < -0.3 is 43.0 Å². The molecule has 1 atom stereocenters. The van der Waals surface area contributed by atoms with Gasteiger partial charge in [-0.3, -0.25) is 9.59 Å². The molecule has 0 amide bonds. The van der Waals surface area contributed by atoms with Gasteiger partial charge in [0.25, 0.3) is 0 Å². The Balaban J connectivity index is 0.00000272. The lowest BCUT2D eigenvalue weighted by molar-refractivity contribution is -0.913. The van der Waals surface area contributed by atoms with E-state index in [4.69, 9.17) is 0 Å². The van der Waals surface area contributed by atoms with Gasteiger partial charge >= 0.3 is 5.97 Å². The minimum atomic E-state index is -1.35. The average molecular weight is 543 g/mol. The zero-order valence-corrected chi connectivity index (χ0v) is 20.3. The van der Waals surface area contributed by atoms with Crippen molar-refractivity contribution in [1.82, 2.24) is 4.57 Å². The maximum absolute atomic E-state index is 15.4. The molecule has 168 valence electrons. The summed E-state index contributed by atoms with van der Waals surface area (Å²) in [6.07, 6.45) is 2.97. The number of nitrogens with zero attached hydrogens (tertiary/aromatic N) is 3.